The van der Waals surface area contributed by atoms with Gasteiger partial charge in [0.05, 0.1) is 12.2 Å². The molecular formula is C27H26N4O5. The summed E-state index contributed by atoms with van der Waals surface area (Å²) in [4.78, 5) is 38.6. The fraction of sp³-hybridized carbons (Fsp3) is 0.111. The van der Waals surface area contributed by atoms with Crippen molar-refractivity contribution in [1.29, 1.82) is 5.41 Å². The molecule has 0 saturated heterocycles. The van der Waals surface area contributed by atoms with E-state index in [-0.39, 0.29) is 25.0 Å². The molecule has 0 aromatic heterocycles. The number of nitrogens with two attached hydrogens (primary N) is 1. The molecular weight excluding hydrogens is 460 g/mol. The first-order chi connectivity index (χ1) is 17.4. The molecule has 0 atom stereocenters. The van der Waals surface area contributed by atoms with Crippen LogP contribution in [0.4, 0.5) is 11.4 Å². The fourth-order valence-electron chi connectivity index (χ4n) is 3.16. The third-order valence-electron chi connectivity index (χ3n) is 4.84. The van der Waals surface area contributed by atoms with Crippen molar-refractivity contribution in [3.8, 4) is 5.75 Å². The van der Waals surface area contributed by atoms with Gasteiger partial charge in [-0.15, -0.1) is 0 Å². The van der Waals surface area contributed by atoms with Gasteiger partial charge in [0.1, 0.15) is 12.3 Å². The molecule has 184 valence electrons. The van der Waals surface area contributed by atoms with E-state index in [2.05, 4.69) is 5.32 Å². The molecule has 4 N–H and O–H groups in total. The van der Waals surface area contributed by atoms with Crippen molar-refractivity contribution in [3.63, 3.8) is 0 Å². The van der Waals surface area contributed by atoms with Crippen molar-refractivity contribution < 1.29 is 23.9 Å². The minimum Gasteiger partial charge on any atom is -0.465 e. The third-order valence-corrected chi connectivity index (χ3v) is 4.84. The predicted molar refractivity (Wildman–Crippen MR) is 138 cm³/mol. The monoisotopic (exact) mass is 486 g/mol. The fourth-order valence-corrected chi connectivity index (χ4v) is 3.16. The van der Waals surface area contributed by atoms with E-state index in [0.29, 0.717) is 28.3 Å². The van der Waals surface area contributed by atoms with Crippen LogP contribution in [0, 0.1) is 5.41 Å². The summed E-state index contributed by atoms with van der Waals surface area (Å²) in [6.07, 6.45) is 2.95. The number of carbonyl (C=O) groups is 3. The standard InChI is InChI=1S/C27H26N4O5/c1-2-35-25(33)18-31(22-6-4-3-5-7-22)24(32)17-10-19-8-11-20(12-9-19)26(34)36-23-15-13-21(14-16-23)30-27(28)29/h3-17H,2,18H2,1H3,(H4,28,29,30). The van der Waals surface area contributed by atoms with Gasteiger partial charge in [-0.3, -0.25) is 19.9 Å². The SMILES string of the molecule is CCOC(=O)CN(C(=O)C=Cc1ccc(C(=O)Oc2ccc(NC(=N)N)cc2)cc1)c1ccccc1. The number of esters is 2. The molecule has 0 radical (unpaired) electrons. The van der Waals surface area contributed by atoms with Crippen LogP contribution < -0.4 is 20.7 Å². The van der Waals surface area contributed by atoms with E-state index < -0.39 is 11.9 Å². The summed E-state index contributed by atoms with van der Waals surface area (Å²) < 4.78 is 10.4. The summed E-state index contributed by atoms with van der Waals surface area (Å²) in [7, 11) is 0. The van der Waals surface area contributed by atoms with Gasteiger partial charge in [0.25, 0.3) is 5.91 Å². The van der Waals surface area contributed by atoms with Crippen LogP contribution in [0.25, 0.3) is 6.08 Å². The molecule has 0 saturated carbocycles. The Morgan fingerprint density at radius 3 is 2.25 bits per heavy atom. The first-order valence-electron chi connectivity index (χ1n) is 11.1. The van der Waals surface area contributed by atoms with Crippen molar-refractivity contribution >= 4 is 41.3 Å². The minimum atomic E-state index is -0.543. The number of hydrogen-bond donors (Lipinski definition) is 3. The van der Waals surface area contributed by atoms with Crippen LogP contribution in [0.15, 0.2) is 84.9 Å². The Bertz CT molecular complexity index is 1240. The van der Waals surface area contributed by atoms with E-state index in [1.165, 1.54) is 11.0 Å². The van der Waals surface area contributed by atoms with Crippen molar-refractivity contribution in [2.45, 2.75) is 6.92 Å². The average Bonchev–Trinajstić information content (AvgIpc) is 2.87. The molecule has 0 aliphatic carbocycles. The second-order valence-corrected chi connectivity index (χ2v) is 7.47. The van der Waals surface area contributed by atoms with E-state index in [4.69, 9.17) is 20.6 Å². The summed E-state index contributed by atoms with van der Waals surface area (Å²) in [5.41, 5.74) is 7.47. The number of anilines is 2. The number of para-hydroxylation sites is 1. The van der Waals surface area contributed by atoms with Gasteiger partial charge in [0.2, 0.25) is 0 Å². The van der Waals surface area contributed by atoms with Crippen molar-refractivity contribution in [2.24, 2.45) is 5.73 Å². The Morgan fingerprint density at radius 1 is 0.972 bits per heavy atom. The minimum absolute atomic E-state index is 0.192. The van der Waals surface area contributed by atoms with Crippen LogP contribution in [0.3, 0.4) is 0 Å². The normalized spacial score (nSPS) is 10.5. The van der Waals surface area contributed by atoms with Crippen LogP contribution in [0.2, 0.25) is 0 Å². The molecule has 9 heteroatoms. The molecule has 0 spiro atoms. The highest BCUT2D eigenvalue weighted by Crippen LogP contribution is 2.18. The van der Waals surface area contributed by atoms with Crippen LogP contribution in [0.5, 0.6) is 5.75 Å². The highest BCUT2D eigenvalue weighted by atomic mass is 16.5. The summed E-state index contributed by atoms with van der Waals surface area (Å²) in [5.74, 6) is -1.29. The zero-order chi connectivity index (χ0) is 25.9. The first kappa shape index (κ1) is 25.7. The number of carbonyl (C=O) groups excluding carboxylic acids is 3. The topological polar surface area (TPSA) is 135 Å². The van der Waals surface area contributed by atoms with Crippen LogP contribution in [-0.4, -0.2) is 37.0 Å². The summed E-state index contributed by atoms with van der Waals surface area (Å²) in [6.45, 7) is 1.72. The van der Waals surface area contributed by atoms with Gasteiger partial charge >= 0.3 is 11.9 Å². The van der Waals surface area contributed by atoms with Crippen LogP contribution in [0.1, 0.15) is 22.8 Å². The quantitative estimate of drug-likeness (QED) is 0.138. The van der Waals surface area contributed by atoms with Crippen LogP contribution in [-0.2, 0) is 14.3 Å². The van der Waals surface area contributed by atoms with Gasteiger partial charge in [0, 0.05) is 17.5 Å². The maximum absolute atomic E-state index is 12.9. The molecule has 0 heterocycles. The van der Waals surface area contributed by atoms with Gasteiger partial charge in [-0.2, -0.15) is 0 Å². The highest BCUT2D eigenvalue weighted by molar-refractivity contribution is 6.06. The van der Waals surface area contributed by atoms with Gasteiger partial charge in [0.15, 0.2) is 5.96 Å². The van der Waals surface area contributed by atoms with Crippen molar-refractivity contribution in [3.05, 3.63) is 96.1 Å². The number of amides is 1. The molecule has 0 aliphatic heterocycles. The highest BCUT2D eigenvalue weighted by Gasteiger charge is 2.18. The number of nitrogens with one attached hydrogen (secondary N) is 2. The molecule has 36 heavy (non-hydrogen) atoms. The second kappa shape index (κ2) is 12.5. The molecule has 0 fully saturated rings. The predicted octanol–water partition coefficient (Wildman–Crippen LogP) is 3.82. The molecule has 3 aromatic carbocycles. The zero-order valence-electron chi connectivity index (χ0n) is 19.6. The zero-order valence-corrected chi connectivity index (χ0v) is 19.6. The van der Waals surface area contributed by atoms with Crippen LogP contribution >= 0.6 is 0 Å². The Kier molecular flexibility index (Phi) is 8.94. The van der Waals surface area contributed by atoms with E-state index in [0.717, 1.165) is 0 Å². The lowest BCUT2D eigenvalue weighted by Crippen LogP contribution is -2.35. The molecule has 0 bridgehead atoms. The van der Waals surface area contributed by atoms with Gasteiger partial charge in [-0.05, 0) is 67.1 Å². The average molecular weight is 487 g/mol. The van der Waals surface area contributed by atoms with Crippen molar-refractivity contribution in [2.75, 3.05) is 23.4 Å². The molecule has 3 rings (SSSR count). The van der Waals surface area contributed by atoms with Gasteiger partial charge < -0.3 is 20.5 Å². The second-order valence-electron chi connectivity index (χ2n) is 7.47. The molecule has 0 aliphatic rings. The third kappa shape index (κ3) is 7.56. The number of nitrogens with zero attached hydrogens (tertiary/aromatic N) is 1. The molecule has 3 aromatic rings. The lowest BCUT2D eigenvalue weighted by molar-refractivity contribution is -0.142. The Labute approximate surface area is 208 Å². The van der Waals surface area contributed by atoms with Gasteiger partial charge in [-0.25, -0.2) is 4.79 Å². The maximum atomic E-state index is 12.9. The molecule has 9 nitrogen and oxygen atoms in total. The lowest BCUT2D eigenvalue weighted by atomic mass is 10.1. The van der Waals surface area contributed by atoms with E-state index in [1.54, 1.807) is 85.8 Å². The smallest absolute Gasteiger partial charge is 0.343 e. The molecule has 0 unspecified atom stereocenters. The number of hydrogen-bond acceptors (Lipinski definition) is 6. The van der Waals surface area contributed by atoms with Gasteiger partial charge in [-0.1, -0.05) is 30.3 Å². The summed E-state index contributed by atoms with van der Waals surface area (Å²) in [5, 5.41) is 9.86. The number of benzene rings is 3. The Hall–Kier alpha value is -4.92. The summed E-state index contributed by atoms with van der Waals surface area (Å²) in [6, 6.07) is 21.8. The van der Waals surface area contributed by atoms with E-state index >= 15 is 0 Å². The Balaban J connectivity index is 1.64. The van der Waals surface area contributed by atoms with E-state index in [1.807, 2.05) is 6.07 Å². The largest absolute Gasteiger partial charge is 0.465 e. The maximum Gasteiger partial charge on any atom is 0.343 e. The number of ether oxygens (including phenoxy) is 2. The van der Waals surface area contributed by atoms with Crippen molar-refractivity contribution in [1.82, 2.24) is 0 Å². The lowest BCUT2D eigenvalue weighted by Gasteiger charge is -2.20. The number of guanidine groups is 1. The number of rotatable bonds is 9. The first-order valence-corrected chi connectivity index (χ1v) is 11.1. The van der Waals surface area contributed by atoms with E-state index in [9.17, 15) is 14.4 Å². The molecule has 1 amide bonds. The Morgan fingerprint density at radius 2 is 1.64 bits per heavy atom. The summed E-state index contributed by atoms with van der Waals surface area (Å²) >= 11 is 0.